The van der Waals surface area contributed by atoms with Crippen LogP contribution < -0.4 is 4.74 Å². The van der Waals surface area contributed by atoms with Crippen molar-refractivity contribution in [2.75, 3.05) is 6.61 Å². The molecule has 1 saturated heterocycles. The number of hydrogen-bond acceptors (Lipinski definition) is 5. The summed E-state index contributed by atoms with van der Waals surface area (Å²) < 4.78 is 5.85. The maximum atomic E-state index is 13.0. The van der Waals surface area contributed by atoms with Gasteiger partial charge in [0.2, 0.25) is 0 Å². The molecule has 2 aromatic rings. The molecule has 1 aliphatic heterocycles. The van der Waals surface area contributed by atoms with E-state index in [1.54, 1.807) is 36.4 Å². The highest BCUT2D eigenvalue weighted by Crippen LogP contribution is 2.38. The van der Waals surface area contributed by atoms with Gasteiger partial charge in [-0.15, -0.1) is 0 Å². The summed E-state index contributed by atoms with van der Waals surface area (Å²) in [5.41, 5.74) is 1.29. The molecule has 1 atom stereocenters. The Morgan fingerprint density at radius 1 is 1.25 bits per heavy atom. The quantitative estimate of drug-likeness (QED) is 0.532. The third kappa shape index (κ3) is 4.43. The topological polar surface area (TPSA) is 66.8 Å². The molecule has 7 heteroatoms. The SMILES string of the molecule is CCCOc1cccc(/C=C2/SC(=S)N(C(C(=O)O)c3ccccc3)C2=O)c1. The third-order valence-corrected chi connectivity index (χ3v) is 5.39. The van der Waals surface area contributed by atoms with E-state index in [1.807, 2.05) is 31.2 Å². The lowest BCUT2D eigenvalue weighted by Gasteiger charge is -2.23. The number of amides is 1. The molecule has 0 saturated carbocycles. The number of carboxylic acid groups (broad SMARTS) is 1. The van der Waals surface area contributed by atoms with E-state index < -0.39 is 17.9 Å². The Balaban J connectivity index is 1.89. The summed E-state index contributed by atoms with van der Waals surface area (Å²) in [6, 6.07) is 14.9. The first kappa shape index (κ1) is 20.1. The minimum Gasteiger partial charge on any atom is -0.494 e. The highest BCUT2D eigenvalue weighted by atomic mass is 32.2. The van der Waals surface area contributed by atoms with Gasteiger partial charge in [-0.3, -0.25) is 9.69 Å². The summed E-state index contributed by atoms with van der Waals surface area (Å²) in [7, 11) is 0. The van der Waals surface area contributed by atoms with Crippen LogP contribution >= 0.6 is 24.0 Å². The van der Waals surface area contributed by atoms with Crippen molar-refractivity contribution in [3.8, 4) is 5.75 Å². The van der Waals surface area contributed by atoms with E-state index in [1.165, 1.54) is 4.90 Å². The summed E-state index contributed by atoms with van der Waals surface area (Å²) in [5, 5.41) is 9.72. The minimum absolute atomic E-state index is 0.228. The molecule has 1 N–H and O–H groups in total. The number of carbonyl (C=O) groups excluding carboxylic acids is 1. The molecular formula is C21H19NO4S2. The van der Waals surface area contributed by atoms with Crippen molar-refractivity contribution in [3.63, 3.8) is 0 Å². The Hall–Kier alpha value is -2.64. The molecule has 1 amide bonds. The van der Waals surface area contributed by atoms with E-state index in [-0.39, 0.29) is 4.32 Å². The Kier molecular flexibility index (Phi) is 6.49. The van der Waals surface area contributed by atoms with Crippen LogP contribution in [0.5, 0.6) is 5.75 Å². The predicted molar refractivity (Wildman–Crippen MR) is 114 cm³/mol. The van der Waals surface area contributed by atoms with Crippen molar-refractivity contribution < 1.29 is 19.4 Å². The number of rotatable bonds is 7. The zero-order valence-electron chi connectivity index (χ0n) is 15.2. The van der Waals surface area contributed by atoms with E-state index >= 15 is 0 Å². The number of aliphatic carboxylic acids is 1. The van der Waals surface area contributed by atoms with Gasteiger partial charge in [0.15, 0.2) is 6.04 Å². The number of hydrogen-bond donors (Lipinski definition) is 1. The van der Waals surface area contributed by atoms with Crippen LogP contribution in [0.3, 0.4) is 0 Å². The van der Waals surface area contributed by atoms with E-state index in [9.17, 15) is 14.7 Å². The van der Waals surface area contributed by atoms with Gasteiger partial charge >= 0.3 is 5.97 Å². The number of benzene rings is 2. The van der Waals surface area contributed by atoms with Gasteiger partial charge in [-0.25, -0.2) is 4.79 Å². The number of ether oxygens (including phenoxy) is 1. The molecule has 28 heavy (non-hydrogen) atoms. The number of nitrogens with zero attached hydrogens (tertiary/aromatic N) is 1. The zero-order chi connectivity index (χ0) is 20.1. The molecule has 0 spiro atoms. The van der Waals surface area contributed by atoms with Gasteiger partial charge in [0.25, 0.3) is 5.91 Å². The maximum absolute atomic E-state index is 13.0. The van der Waals surface area contributed by atoms with Gasteiger partial charge in [-0.1, -0.05) is 73.4 Å². The van der Waals surface area contributed by atoms with Crippen molar-refractivity contribution in [3.05, 3.63) is 70.6 Å². The van der Waals surface area contributed by atoms with Gasteiger partial charge in [-0.05, 0) is 35.8 Å². The standard InChI is InChI=1S/C21H19NO4S2/c1-2-11-26-16-10-6-7-14(12-16)13-17-19(23)22(21(27)28-17)18(20(24)25)15-8-4-3-5-9-15/h3-10,12-13,18H,2,11H2,1H3,(H,24,25)/b17-13+. The molecule has 2 aromatic carbocycles. The lowest BCUT2D eigenvalue weighted by Crippen LogP contribution is -2.37. The first-order valence-corrected chi connectivity index (χ1v) is 10.0. The average Bonchev–Trinajstić information content (AvgIpc) is 2.95. The number of carbonyl (C=O) groups is 2. The van der Waals surface area contributed by atoms with Crippen LogP contribution in [0, 0.1) is 0 Å². The fraction of sp³-hybridized carbons (Fsp3) is 0.190. The molecule has 1 unspecified atom stereocenters. The van der Waals surface area contributed by atoms with Crippen LogP contribution in [0.4, 0.5) is 0 Å². The lowest BCUT2D eigenvalue weighted by molar-refractivity contribution is -0.145. The van der Waals surface area contributed by atoms with Crippen molar-refractivity contribution in [1.29, 1.82) is 0 Å². The van der Waals surface area contributed by atoms with E-state index in [2.05, 4.69) is 0 Å². The molecule has 144 valence electrons. The molecule has 0 aromatic heterocycles. The van der Waals surface area contributed by atoms with E-state index in [0.717, 1.165) is 29.5 Å². The van der Waals surface area contributed by atoms with Crippen LogP contribution in [-0.2, 0) is 9.59 Å². The van der Waals surface area contributed by atoms with Gasteiger partial charge in [0.1, 0.15) is 10.1 Å². The van der Waals surface area contributed by atoms with Gasteiger partial charge in [-0.2, -0.15) is 0 Å². The Morgan fingerprint density at radius 3 is 2.68 bits per heavy atom. The molecule has 3 rings (SSSR count). The highest BCUT2D eigenvalue weighted by molar-refractivity contribution is 8.26. The molecular weight excluding hydrogens is 394 g/mol. The Labute approximate surface area is 173 Å². The number of thiocarbonyl (C=S) groups is 1. The molecule has 5 nitrogen and oxygen atoms in total. The second-order valence-electron chi connectivity index (χ2n) is 6.12. The molecule has 1 heterocycles. The minimum atomic E-state index is -1.15. The van der Waals surface area contributed by atoms with Crippen molar-refractivity contribution >= 4 is 46.3 Å². The van der Waals surface area contributed by atoms with Crippen LogP contribution in [0.2, 0.25) is 0 Å². The zero-order valence-corrected chi connectivity index (χ0v) is 16.8. The van der Waals surface area contributed by atoms with Crippen molar-refractivity contribution in [2.24, 2.45) is 0 Å². The molecule has 0 radical (unpaired) electrons. The fourth-order valence-corrected chi connectivity index (χ4v) is 4.12. The van der Waals surface area contributed by atoms with Gasteiger partial charge in [0.05, 0.1) is 11.5 Å². The third-order valence-electron chi connectivity index (χ3n) is 4.06. The van der Waals surface area contributed by atoms with Crippen LogP contribution in [0.15, 0.2) is 59.5 Å². The number of carboxylic acids is 1. The summed E-state index contributed by atoms with van der Waals surface area (Å²) >= 11 is 6.43. The first-order valence-electron chi connectivity index (χ1n) is 8.79. The summed E-state index contributed by atoms with van der Waals surface area (Å²) in [6.07, 6.45) is 2.61. The summed E-state index contributed by atoms with van der Waals surface area (Å²) in [4.78, 5) is 26.4. The molecule has 0 aliphatic carbocycles. The number of thioether (sulfide) groups is 1. The van der Waals surface area contributed by atoms with E-state index in [4.69, 9.17) is 17.0 Å². The van der Waals surface area contributed by atoms with Gasteiger partial charge < -0.3 is 9.84 Å². The van der Waals surface area contributed by atoms with Crippen molar-refractivity contribution in [2.45, 2.75) is 19.4 Å². The van der Waals surface area contributed by atoms with E-state index in [0.29, 0.717) is 17.1 Å². The fourth-order valence-electron chi connectivity index (χ4n) is 2.81. The largest absolute Gasteiger partial charge is 0.494 e. The maximum Gasteiger partial charge on any atom is 0.331 e. The lowest BCUT2D eigenvalue weighted by atomic mass is 10.1. The molecule has 1 aliphatic rings. The van der Waals surface area contributed by atoms with Crippen molar-refractivity contribution in [1.82, 2.24) is 4.90 Å². The summed E-state index contributed by atoms with van der Waals surface area (Å²) in [5.74, 6) is -0.816. The Morgan fingerprint density at radius 2 is 2.00 bits per heavy atom. The predicted octanol–water partition coefficient (Wildman–Crippen LogP) is 4.50. The molecule has 1 fully saturated rings. The molecule has 0 bridgehead atoms. The summed E-state index contributed by atoms with van der Waals surface area (Å²) in [6.45, 7) is 2.64. The second-order valence-corrected chi connectivity index (χ2v) is 7.80. The van der Waals surface area contributed by atoms with Crippen LogP contribution in [0.1, 0.15) is 30.5 Å². The van der Waals surface area contributed by atoms with Crippen LogP contribution in [0.25, 0.3) is 6.08 Å². The first-order chi connectivity index (χ1) is 13.5. The highest BCUT2D eigenvalue weighted by Gasteiger charge is 2.41. The second kappa shape index (κ2) is 9.03. The average molecular weight is 414 g/mol. The normalized spacial score (nSPS) is 16.5. The monoisotopic (exact) mass is 413 g/mol. The van der Waals surface area contributed by atoms with Gasteiger partial charge in [0, 0.05) is 0 Å². The van der Waals surface area contributed by atoms with Crippen LogP contribution in [-0.4, -0.2) is 32.8 Å². The Bertz CT molecular complexity index is 927. The smallest absolute Gasteiger partial charge is 0.331 e.